The Balaban J connectivity index is 3.69. The Morgan fingerprint density at radius 2 is 2.00 bits per heavy atom. The minimum absolute atomic E-state index is 0.571. The third kappa shape index (κ3) is 5.37. The van der Waals surface area contributed by atoms with E-state index in [-0.39, 0.29) is 0 Å². The van der Waals surface area contributed by atoms with E-state index in [4.69, 9.17) is 4.74 Å². The Labute approximate surface area is 68.4 Å². The van der Waals surface area contributed by atoms with Gasteiger partial charge in [0.2, 0.25) is 0 Å². The molecule has 1 nitrogen and oxygen atoms in total. The minimum Gasteiger partial charge on any atom is -0.373 e. The molecule has 0 fully saturated rings. The summed E-state index contributed by atoms with van der Waals surface area (Å²) in [5, 5.41) is 0. The molecule has 0 aliphatic rings. The summed E-state index contributed by atoms with van der Waals surface area (Å²) in [6.45, 7) is 11.9. The lowest BCUT2D eigenvalue weighted by molar-refractivity contribution is 0.189. The summed E-state index contributed by atoms with van der Waals surface area (Å²) in [6, 6.07) is 0. The minimum atomic E-state index is 0.571. The molecule has 0 aromatic heterocycles. The molecular formula is C10H14O. The van der Waals surface area contributed by atoms with Gasteiger partial charge in [-0.25, -0.2) is 0 Å². The van der Waals surface area contributed by atoms with Crippen molar-refractivity contribution in [1.82, 2.24) is 0 Å². The molecule has 0 saturated carbocycles. The Bertz CT molecular complexity index is 166. The molecule has 0 N–H and O–H groups in total. The Kier molecular flexibility index (Phi) is 6.34. The summed E-state index contributed by atoms with van der Waals surface area (Å²) < 4.78 is 5.18. The number of hydrogen-bond acceptors (Lipinski definition) is 1. The molecule has 0 atom stereocenters. The van der Waals surface area contributed by atoms with Crippen molar-refractivity contribution in [3.63, 3.8) is 0 Å². The molecule has 0 aliphatic heterocycles. The van der Waals surface area contributed by atoms with Gasteiger partial charge in [-0.3, -0.25) is 0 Å². The molecule has 0 heterocycles. The molecule has 0 radical (unpaired) electrons. The molecule has 0 saturated heterocycles. The normalized spacial score (nSPS) is 10.7. The molecule has 0 rings (SSSR count). The first-order valence-electron chi connectivity index (χ1n) is 3.47. The zero-order valence-electron chi connectivity index (χ0n) is 6.75. The molecule has 0 spiro atoms. The van der Waals surface area contributed by atoms with E-state index in [0.717, 1.165) is 5.57 Å². The molecule has 0 aromatic rings. The molecule has 11 heavy (non-hydrogen) atoms. The maximum Gasteiger partial charge on any atom is 0.0720 e. The molecule has 1 heteroatoms. The van der Waals surface area contributed by atoms with Crippen LogP contribution in [0.15, 0.2) is 49.6 Å². The average Bonchev–Trinajstić information content (AvgIpc) is 2.03. The van der Waals surface area contributed by atoms with Crippen LogP contribution in [0.25, 0.3) is 0 Å². The number of allylic oxidation sites excluding steroid dienone is 2. The summed E-state index contributed by atoms with van der Waals surface area (Å²) in [6.07, 6.45) is 7.06. The van der Waals surface area contributed by atoms with Crippen molar-refractivity contribution in [3.8, 4) is 0 Å². The quantitative estimate of drug-likeness (QED) is 0.321. The van der Waals surface area contributed by atoms with Crippen molar-refractivity contribution in [2.75, 3.05) is 13.2 Å². The summed E-state index contributed by atoms with van der Waals surface area (Å²) in [4.78, 5) is 0. The topological polar surface area (TPSA) is 9.23 Å². The molecule has 0 aromatic carbocycles. The lowest BCUT2D eigenvalue weighted by atomic mass is 10.2. The second kappa shape index (κ2) is 7.03. The van der Waals surface area contributed by atoms with Crippen LogP contribution >= 0.6 is 0 Å². The van der Waals surface area contributed by atoms with E-state index in [9.17, 15) is 0 Å². The highest BCUT2D eigenvalue weighted by Gasteiger charge is 1.87. The lowest BCUT2D eigenvalue weighted by Crippen LogP contribution is -1.95. The van der Waals surface area contributed by atoms with E-state index < -0.39 is 0 Å². The maximum absolute atomic E-state index is 5.18. The number of ether oxygens (including phenoxy) is 1. The van der Waals surface area contributed by atoms with Gasteiger partial charge in [0.05, 0.1) is 13.2 Å². The largest absolute Gasteiger partial charge is 0.373 e. The van der Waals surface area contributed by atoms with Crippen LogP contribution in [-0.2, 0) is 4.74 Å². The third-order valence-electron chi connectivity index (χ3n) is 1.10. The van der Waals surface area contributed by atoms with Gasteiger partial charge < -0.3 is 4.74 Å². The predicted molar refractivity (Wildman–Crippen MR) is 49.5 cm³/mol. The fraction of sp³-hybridized carbons (Fsp3) is 0.200. The van der Waals surface area contributed by atoms with Crippen molar-refractivity contribution in [2.45, 2.75) is 0 Å². The predicted octanol–water partition coefficient (Wildman–Crippen LogP) is 2.49. The molecule has 0 aliphatic carbocycles. The first kappa shape index (κ1) is 9.92. The van der Waals surface area contributed by atoms with Crippen LogP contribution in [0.1, 0.15) is 0 Å². The Hall–Kier alpha value is -1.08. The third-order valence-corrected chi connectivity index (χ3v) is 1.10. The Morgan fingerprint density at radius 1 is 1.27 bits per heavy atom. The van der Waals surface area contributed by atoms with Crippen LogP contribution in [0.5, 0.6) is 0 Å². The average molecular weight is 150 g/mol. The second-order valence-corrected chi connectivity index (χ2v) is 1.99. The molecule has 0 amide bonds. The van der Waals surface area contributed by atoms with E-state index in [2.05, 4.69) is 19.7 Å². The van der Waals surface area contributed by atoms with Crippen molar-refractivity contribution in [1.29, 1.82) is 0 Å². The van der Waals surface area contributed by atoms with E-state index in [1.807, 2.05) is 6.08 Å². The molecule has 0 unspecified atom stereocenters. The zero-order chi connectivity index (χ0) is 8.53. The van der Waals surface area contributed by atoms with Crippen molar-refractivity contribution in [2.24, 2.45) is 0 Å². The van der Waals surface area contributed by atoms with Crippen LogP contribution in [0.4, 0.5) is 0 Å². The van der Waals surface area contributed by atoms with Crippen molar-refractivity contribution >= 4 is 0 Å². The summed E-state index contributed by atoms with van der Waals surface area (Å²) >= 11 is 0. The number of hydrogen-bond donors (Lipinski definition) is 0. The summed E-state index contributed by atoms with van der Waals surface area (Å²) in [7, 11) is 0. The van der Waals surface area contributed by atoms with E-state index in [0.29, 0.717) is 13.2 Å². The maximum atomic E-state index is 5.18. The van der Waals surface area contributed by atoms with Gasteiger partial charge in [0.1, 0.15) is 0 Å². The van der Waals surface area contributed by atoms with Crippen LogP contribution in [-0.4, -0.2) is 13.2 Å². The summed E-state index contributed by atoms with van der Waals surface area (Å²) in [5.41, 5.74) is 1.03. The van der Waals surface area contributed by atoms with Crippen LogP contribution in [0.2, 0.25) is 0 Å². The number of rotatable bonds is 6. The highest BCUT2D eigenvalue weighted by Crippen LogP contribution is 1.96. The van der Waals surface area contributed by atoms with Gasteiger partial charge >= 0.3 is 0 Å². The first-order chi connectivity index (χ1) is 5.35. The van der Waals surface area contributed by atoms with Gasteiger partial charge in [-0.2, -0.15) is 0 Å². The van der Waals surface area contributed by atoms with Crippen LogP contribution in [0.3, 0.4) is 0 Å². The van der Waals surface area contributed by atoms with Gasteiger partial charge in [0.25, 0.3) is 0 Å². The van der Waals surface area contributed by atoms with Gasteiger partial charge in [-0.05, 0) is 5.57 Å². The van der Waals surface area contributed by atoms with Crippen LogP contribution < -0.4 is 0 Å². The zero-order valence-corrected chi connectivity index (χ0v) is 6.75. The van der Waals surface area contributed by atoms with E-state index in [1.54, 1.807) is 18.2 Å². The van der Waals surface area contributed by atoms with Gasteiger partial charge in [0.15, 0.2) is 0 Å². The molecular weight excluding hydrogens is 136 g/mol. The van der Waals surface area contributed by atoms with E-state index in [1.165, 1.54) is 0 Å². The summed E-state index contributed by atoms with van der Waals surface area (Å²) in [5.74, 6) is 0. The van der Waals surface area contributed by atoms with Crippen molar-refractivity contribution < 1.29 is 4.74 Å². The fourth-order valence-corrected chi connectivity index (χ4v) is 0.587. The highest BCUT2D eigenvalue weighted by molar-refractivity contribution is 5.21. The SMILES string of the molecule is C=C/C=C(\C=C)COCC=C. The standard InChI is InChI=1S/C10H14O/c1-4-7-10(6-3)9-11-8-5-2/h4-7H,1-3,8-9H2/b10-7+. The van der Waals surface area contributed by atoms with Gasteiger partial charge in [-0.1, -0.05) is 37.5 Å². The molecule has 0 bridgehead atoms. The fourth-order valence-electron chi connectivity index (χ4n) is 0.587. The second-order valence-electron chi connectivity index (χ2n) is 1.99. The van der Waals surface area contributed by atoms with Gasteiger partial charge in [0, 0.05) is 0 Å². The first-order valence-corrected chi connectivity index (χ1v) is 3.47. The molecule has 60 valence electrons. The van der Waals surface area contributed by atoms with E-state index >= 15 is 0 Å². The monoisotopic (exact) mass is 150 g/mol. The smallest absolute Gasteiger partial charge is 0.0720 e. The van der Waals surface area contributed by atoms with Crippen LogP contribution in [0, 0.1) is 0 Å². The van der Waals surface area contributed by atoms with Gasteiger partial charge in [-0.15, -0.1) is 6.58 Å². The highest BCUT2D eigenvalue weighted by atomic mass is 16.5. The van der Waals surface area contributed by atoms with Crippen molar-refractivity contribution in [3.05, 3.63) is 49.6 Å². The lowest BCUT2D eigenvalue weighted by Gasteiger charge is -1.99. The Morgan fingerprint density at radius 3 is 2.45 bits per heavy atom.